The van der Waals surface area contributed by atoms with Crippen LogP contribution in [0, 0.1) is 0 Å². The van der Waals surface area contributed by atoms with Crippen LogP contribution in [-0.4, -0.2) is 24.2 Å². The monoisotopic (exact) mass is 414 g/mol. The fourth-order valence-corrected chi connectivity index (χ4v) is 4.15. The molecule has 1 heteroatoms. The van der Waals surface area contributed by atoms with Crippen LogP contribution >= 0.6 is 0 Å². The summed E-state index contributed by atoms with van der Waals surface area (Å²) < 4.78 is 4.74. The van der Waals surface area contributed by atoms with Gasteiger partial charge in [-0.3, -0.25) is 0 Å². The van der Waals surface area contributed by atoms with E-state index < -0.39 is 24.2 Å². The van der Waals surface area contributed by atoms with Crippen LogP contribution in [0.25, 0.3) is 12.2 Å². The zero-order chi connectivity index (χ0) is 11.8. The van der Waals surface area contributed by atoms with Gasteiger partial charge >= 0.3 is 115 Å². The second-order valence-corrected chi connectivity index (χ2v) is 7.54. The van der Waals surface area contributed by atoms with Crippen molar-refractivity contribution in [2.24, 2.45) is 0 Å². The van der Waals surface area contributed by atoms with Crippen LogP contribution in [-0.2, 0) is 0 Å². The zero-order valence-corrected chi connectivity index (χ0v) is 13.5. The second kappa shape index (κ2) is 7.22. The third-order valence-corrected chi connectivity index (χ3v) is 5.14. The molecule has 0 spiro atoms. The van der Waals surface area contributed by atoms with Gasteiger partial charge in [-0.15, -0.1) is 0 Å². The molecule has 0 heterocycles. The van der Waals surface area contributed by atoms with Crippen molar-refractivity contribution in [3.8, 4) is 0 Å². The molecular formula is C16H14Pb. The molecule has 0 nitrogen and oxygen atoms in total. The Morgan fingerprint density at radius 1 is 0.588 bits per heavy atom. The quantitative estimate of drug-likeness (QED) is 0.664. The van der Waals surface area contributed by atoms with Crippen molar-refractivity contribution >= 4 is 36.4 Å². The summed E-state index contributed by atoms with van der Waals surface area (Å²) in [7, 11) is 0. The van der Waals surface area contributed by atoms with E-state index in [1.807, 2.05) is 0 Å². The van der Waals surface area contributed by atoms with Crippen molar-refractivity contribution < 1.29 is 0 Å². The van der Waals surface area contributed by atoms with E-state index in [1.54, 1.807) is 0 Å². The van der Waals surface area contributed by atoms with Crippen molar-refractivity contribution in [2.45, 2.75) is 0 Å². The molecule has 0 unspecified atom stereocenters. The number of hydrogen-bond donors (Lipinski definition) is 0. The first-order valence-corrected chi connectivity index (χ1v) is 10.1. The van der Waals surface area contributed by atoms with Gasteiger partial charge in [0.25, 0.3) is 0 Å². The summed E-state index contributed by atoms with van der Waals surface area (Å²) in [6.07, 6.45) is 4.47. The van der Waals surface area contributed by atoms with Gasteiger partial charge in [-0.25, -0.2) is 0 Å². The minimum absolute atomic E-state index is 0.717. The average Bonchev–Trinajstić information content (AvgIpc) is 2.41. The molecule has 0 saturated heterocycles. The summed E-state index contributed by atoms with van der Waals surface area (Å²) in [6.45, 7) is 0. The first kappa shape index (κ1) is 12.3. The van der Waals surface area contributed by atoms with E-state index in [0.717, 1.165) is 0 Å². The van der Waals surface area contributed by atoms with Gasteiger partial charge in [0.2, 0.25) is 0 Å². The van der Waals surface area contributed by atoms with E-state index in [1.165, 1.54) is 11.1 Å². The van der Waals surface area contributed by atoms with E-state index in [0.29, 0.717) is 0 Å². The molecule has 2 rings (SSSR count). The summed E-state index contributed by atoms with van der Waals surface area (Å²) in [4.78, 5) is 0. The number of rotatable bonds is 4. The van der Waals surface area contributed by atoms with Gasteiger partial charge in [0.1, 0.15) is 0 Å². The SMILES string of the molecule is [CH](=C\c1ccccc1)/[Pb]/[CH]=C/c1ccccc1. The van der Waals surface area contributed by atoms with Gasteiger partial charge < -0.3 is 0 Å². The first-order valence-electron chi connectivity index (χ1n) is 5.64. The second-order valence-electron chi connectivity index (χ2n) is 3.65. The molecular weight excluding hydrogens is 399 g/mol. The van der Waals surface area contributed by atoms with Crippen molar-refractivity contribution in [1.29, 1.82) is 0 Å². The van der Waals surface area contributed by atoms with Crippen LogP contribution in [0.4, 0.5) is 0 Å². The Hall–Kier alpha value is -1.16. The van der Waals surface area contributed by atoms with Crippen LogP contribution in [0.1, 0.15) is 11.1 Å². The third kappa shape index (κ3) is 4.69. The molecule has 2 radical (unpaired) electrons. The van der Waals surface area contributed by atoms with Gasteiger partial charge in [0, 0.05) is 0 Å². The fraction of sp³-hybridized carbons (Fsp3) is 0. The van der Waals surface area contributed by atoms with Gasteiger partial charge in [-0.2, -0.15) is 0 Å². The predicted octanol–water partition coefficient (Wildman–Crippen LogP) is 4.03. The van der Waals surface area contributed by atoms with E-state index in [-0.39, 0.29) is 0 Å². The molecule has 82 valence electrons. The summed E-state index contributed by atoms with van der Waals surface area (Å²) in [5, 5.41) is 0. The predicted molar refractivity (Wildman–Crippen MR) is 76.7 cm³/mol. The summed E-state index contributed by atoms with van der Waals surface area (Å²) >= 11 is -0.717. The fourth-order valence-electron chi connectivity index (χ4n) is 1.47. The molecule has 0 aromatic heterocycles. The number of hydrogen-bond acceptors (Lipinski definition) is 0. The topological polar surface area (TPSA) is 0 Å². The van der Waals surface area contributed by atoms with Crippen LogP contribution < -0.4 is 0 Å². The van der Waals surface area contributed by atoms with Crippen LogP contribution in [0.3, 0.4) is 0 Å². The molecule has 0 atom stereocenters. The van der Waals surface area contributed by atoms with Crippen LogP contribution in [0.15, 0.2) is 67.9 Å². The molecule has 17 heavy (non-hydrogen) atoms. The van der Waals surface area contributed by atoms with Crippen molar-refractivity contribution in [3.05, 3.63) is 79.1 Å². The Morgan fingerprint density at radius 3 is 1.41 bits per heavy atom. The number of benzene rings is 2. The van der Waals surface area contributed by atoms with Gasteiger partial charge in [0.15, 0.2) is 0 Å². The zero-order valence-electron chi connectivity index (χ0n) is 9.58. The maximum absolute atomic E-state index is 2.37. The average molecular weight is 413 g/mol. The molecule has 0 bridgehead atoms. The molecule has 0 aliphatic heterocycles. The molecule has 0 saturated carbocycles. The maximum atomic E-state index is 2.37. The molecule has 0 amide bonds. The van der Waals surface area contributed by atoms with Crippen molar-refractivity contribution in [2.75, 3.05) is 0 Å². The Balaban J connectivity index is 1.84. The van der Waals surface area contributed by atoms with Gasteiger partial charge in [-0.05, 0) is 0 Å². The van der Waals surface area contributed by atoms with E-state index in [4.69, 9.17) is 0 Å². The van der Waals surface area contributed by atoms with E-state index in [2.05, 4.69) is 80.1 Å². The Bertz CT molecular complexity index is 436. The molecule has 2 aromatic carbocycles. The Kier molecular flexibility index (Phi) is 5.23. The Morgan fingerprint density at radius 2 is 1.00 bits per heavy atom. The van der Waals surface area contributed by atoms with E-state index >= 15 is 0 Å². The van der Waals surface area contributed by atoms with Crippen molar-refractivity contribution in [3.63, 3.8) is 0 Å². The van der Waals surface area contributed by atoms with E-state index in [9.17, 15) is 0 Å². The van der Waals surface area contributed by atoms with Gasteiger partial charge in [-0.1, -0.05) is 0 Å². The van der Waals surface area contributed by atoms with Gasteiger partial charge in [0.05, 0.1) is 0 Å². The minimum atomic E-state index is -0.717. The summed E-state index contributed by atoms with van der Waals surface area (Å²) in [5.74, 6) is 0. The van der Waals surface area contributed by atoms with Crippen LogP contribution in [0.5, 0.6) is 0 Å². The first-order chi connectivity index (χ1) is 8.45. The van der Waals surface area contributed by atoms with Crippen molar-refractivity contribution in [1.82, 2.24) is 0 Å². The third-order valence-electron chi connectivity index (χ3n) is 2.34. The molecule has 0 fully saturated rings. The molecule has 2 aromatic rings. The summed E-state index contributed by atoms with van der Waals surface area (Å²) in [5.41, 5.74) is 2.60. The molecule has 0 N–H and O–H groups in total. The molecule has 0 aliphatic carbocycles. The van der Waals surface area contributed by atoms with Crippen LogP contribution in [0.2, 0.25) is 0 Å². The standard InChI is InChI=1S/2C8H7.Pb/c2*1-2-8-6-4-3-5-7-8;/h2*1-7H;. The molecule has 0 aliphatic rings. The Labute approximate surface area is 115 Å². The normalized spacial score (nSPS) is 11.3. The summed E-state index contributed by atoms with van der Waals surface area (Å²) in [6, 6.07) is 21.0.